The summed E-state index contributed by atoms with van der Waals surface area (Å²) >= 11 is 1.35. The molecule has 4 aromatic rings. The SMILES string of the molecule is C[S-](#[O+])C(c1nnc(CC2(C)NC(=O)NC2=O)o1)c1nc2ccc(-c3cccc(C(=O)OC(C)(C)C)c3)cc2s1. The second-order valence-corrected chi connectivity index (χ2v) is 13.2. The van der Waals surface area contributed by atoms with E-state index in [1.807, 2.05) is 45.0 Å². The quantitative estimate of drug-likeness (QED) is 0.149. The van der Waals surface area contributed by atoms with Crippen LogP contribution >= 0.6 is 11.3 Å². The van der Waals surface area contributed by atoms with Crippen LogP contribution in [0.2, 0.25) is 0 Å². The van der Waals surface area contributed by atoms with Gasteiger partial charge in [0.05, 0.1) is 0 Å². The molecule has 11 nitrogen and oxygen atoms in total. The van der Waals surface area contributed by atoms with Crippen molar-refractivity contribution in [3.63, 3.8) is 0 Å². The minimum absolute atomic E-state index is 0.0216. The van der Waals surface area contributed by atoms with Gasteiger partial charge in [-0.3, -0.25) is 0 Å². The van der Waals surface area contributed by atoms with E-state index in [0.717, 1.165) is 15.8 Å². The van der Waals surface area contributed by atoms with Crippen LogP contribution < -0.4 is 10.6 Å². The number of imide groups is 1. The molecular formula is C27H27N5O6S2. The number of thiazole rings is 1. The molecule has 2 aromatic carbocycles. The molecule has 1 aliphatic heterocycles. The van der Waals surface area contributed by atoms with Gasteiger partial charge in [0.25, 0.3) is 0 Å². The monoisotopic (exact) mass is 581 g/mol. The molecule has 13 heteroatoms. The number of fused-ring (bicyclic) bond motifs is 1. The standard InChI is InChI=1S/C27H27N5O6S2/c1-26(2,3)38-23(33)16-8-6-7-14(11-16)15-9-10-17-18(12-15)39-22(28-17)20(40(5)36)21-32-31-19(37-21)13-27(4)24(34)29-25(35)30-27/h6-12,20H,13H2,1-5H3,(H2,29,30,34,35). The van der Waals surface area contributed by atoms with E-state index in [1.54, 1.807) is 25.1 Å². The van der Waals surface area contributed by atoms with E-state index in [-0.39, 0.29) is 18.2 Å². The van der Waals surface area contributed by atoms with E-state index < -0.39 is 44.9 Å². The number of rotatable bonds is 6. The summed E-state index contributed by atoms with van der Waals surface area (Å²) in [4.78, 5) is 41.0. The number of aromatic nitrogens is 3. The molecule has 1 saturated heterocycles. The predicted octanol–water partition coefficient (Wildman–Crippen LogP) is 4.13. The summed E-state index contributed by atoms with van der Waals surface area (Å²) in [6.07, 6.45) is 1.51. The van der Waals surface area contributed by atoms with Crippen LogP contribution in [0.3, 0.4) is 0 Å². The molecule has 0 saturated carbocycles. The number of hydrogen-bond donors (Lipinski definition) is 2. The van der Waals surface area contributed by atoms with Crippen LogP contribution in [0.15, 0.2) is 46.9 Å². The van der Waals surface area contributed by atoms with Gasteiger partial charge < -0.3 is 0 Å². The minimum atomic E-state index is -1.45. The van der Waals surface area contributed by atoms with Gasteiger partial charge in [-0.1, -0.05) is 0 Å². The van der Waals surface area contributed by atoms with Gasteiger partial charge in [0, 0.05) is 0 Å². The summed E-state index contributed by atoms with van der Waals surface area (Å²) in [7, 11) is -1.45. The molecule has 3 amide bonds. The second-order valence-electron chi connectivity index (χ2n) is 10.6. The Hall–Kier alpha value is -3.81. The number of hydrogen-bond acceptors (Lipinski definition) is 10. The fraction of sp³-hybridized carbons (Fsp3) is 0.333. The fourth-order valence-corrected chi connectivity index (χ4v) is 6.49. The summed E-state index contributed by atoms with van der Waals surface area (Å²) in [5.41, 5.74) is 1.06. The number of urea groups is 1. The zero-order valence-electron chi connectivity index (χ0n) is 22.4. The number of benzene rings is 2. The summed E-state index contributed by atoms with van der Waals surface area (Å²) in [6.45, 7) is 7.03. The summed E-state index contributed by atoms with van der Waals surface area (Å²) in [5, 5.41) is 12.6. The van der Waals surface area contributed by atoms with Gasteiger partial charge in [-0.25, -0.2) is 0 Å². The third-order valence-corrected chi connectivity index (χ3v) is 8.44. The third kappa shape index (κ3) is 5.71. The molecule has 2 aromatic heterocycles. The van der Waals surface area contributed by atoms with Crippen molar-refractivity contribution in [3.8, 4) is 11.1 Å². The van der Waals surface area contributed by atoms with E-state index in [9.17, 15) is 18.4 Å². The van der Waals surface area contributed by atoms with Crippen molar-refractivity contribution in [2.45, 2.75) is 50.5 Å². The van der Waals surface area contributed by atoms with Crippen molar-refractivity contribution in [2.24, 2.45) is 0 Å². The zero-order valence-corrected chi connectivity index (χ0v) is 24.1. The molecule has 2 atom stereocenters. The molecular weight excluding hydrogens is 554 g/mol. The first-order valence-electron chi connectivity index (χ1n) is 12.3. The van der Waals surface area contributed by atoms with Crippen LogP contribution in [-0.2, 0) is 30.6 Å². The third-order valence-electron chi connectivity index (χ3n) is 6.12. The normalized spacial score (nSPS) is 18.1. The molecule has 2 N–H and O–H groups in total. The van der Waals surface area contributed by atoms with Gasteiger partial charge in [0.1, 0.15) is 5.60 Å². The van der Waals surface area contributed by atoms with E-state index >= 15 is 0 Å². The molecule has 5 rings (SSSR count). The van der Waals surface area contributed by atoms with Crippen molar-refractivity contribution in [2.75, 3.05) is 6.26 Å². The van der Waals surface area contributed by atoms with Crippen molar-refractivity contribution in [3.05, 3.63) is 64.8 Å². The molecule has 0 spiro atoms. The number of nitrogens with one attached hydrogen (secondary N) is 2. The molecule has 0 aliphatic carbocycles. The van der Waals surface area contributed by atoms with E-state index in [1.165, 1.54) is 17.6 Å². The number of carbonyl (C=O) groups excluding carboxylic acids is 3. The fourth-order valence-electron chi connectivity index (χ4n) is 4.24. The molecule has 2 unspecified atom stereocenters. The Morgan fingerprint density at radius 3 is 2.60 bits per heavy atom. The Morgan fingerprint density at radius 1 is 1.18 bits per heavy atom. The first-order valence-corrected chi connectivity index (χ1v) is 14.8. The topological polar surface area (TPSA) is 156 Å². The van der Waals surface area contributed by atoms with Gasteiger partial charge in [-0.05, 0) is 20.8 Å². The Labute approximate surface area is 235 Å². The van der Waals surface area contributed by atoms with Crippen LogP contribution in [0.5, 0.6) is 0 Å². The van der Waals surface area contributed by atoms with E-state index in [0.29, 0.717) is 16.1 Å². The van der Waals surface area contributed by atoms with Crippen molar-refractivity contribution < 1.29 is 27.6 Å². The average Bonchev–Trinajstić information content (AvgIpc) is 3.55. The van der Waals surface area contributed by atoms with Crippen LogP contribution in [0.4, 0.5) is 4.79 Å². The van der Waals surface area contributed by atoms with Gasteiger partial charge in [-0.15, -0.1) is 0 Å². The molecule has 1 aliphatic rings. The van der Waals surface area contributed by atoms with Crippen LogP contribution in [0, 0.1) is 0 Å². The molecule has 1 fully saturated rings. The second kappa shape index (κ2) is 10.3. The Bertz CT molecular complexity index is 1730. The van der Waals surface area contributed by atoms with Crippen LogP contribution in [0.1, 0.15) is 60.1 Å². The van der Waals surface area contributed by atoms with Crippen molar-refractivity contribution in [1.29, 1.82) is 0 Å². The molecule has 0 radical (unpaired) electrons. The first kappa shape index (κ1) is 27.7. The maximum atomic E-state index is 12.8. The van der Waals surface area contributed by atoms with Gasteiger partial charge in [0.2, 0.25) is 0 Å². The summed E-state index contributed by atoms with van der Waals surface area (Å²) in [5.74, 6) is -0.661. The summed E-state index contributed by atoms with van der Waals surface area (Å²) in [6, 6.07) is 12.4. The van der Waals surface area contributed by atoms with E-state index in [2.05, 4.69) is 25.8 Å². The first-order chi connectivity index (χ1) is 18.8. The van der Waals surface area contributed by atoms with E-state index in [4.69, 9.17) is 9.15 Å². The van der Waals surface area contributed by atoms with Crippen LogP contribution in [0.25, 0.3) is 21.3 Å². The Kier molecular flexibility index (Phi) is 7.15. The van der Waals surface area contributed by atoms with Gasteiger partial charge >= 0.3 is 210 Å². The molecule has 208 valence electrons. The molecule has 40 heavy (non-hydrogen) atoms. The maximum absolute atomic E-state index is 12.8. The number of carbonyl (C=O) groups is 3. The number of ether oxygens (including phenoxy) is 1. The van der Waals surface area contributed by atoms with Crippen molar-refractivity contribution >= 4 is 50.1 Å². The van der Waals surface area contributed by atoms with Gasteiger partial charge in [-0.2, -0.15) is 0 Å². The zero-order chi connectivity index (χ0) is 28.8. The number of esters is 1. The average molecular weight is 582 g/mol. The molecule has 3 heterocycles. The van der Waals surface area contributed by atoms with Crippen molar-refractivity contribution in [1.82, 2.24) is 25.8 Å². The Balaban J connectivity index is 1.42. The number of amides is 3. The van der Waals surface area contributed by atoms with Gasteiger partial charge in [0.15, 0.2) is 0 Å². The number of nitrogens with zero attached hydrogens (tertiary/aromatic N) is 3. The predicted molar refractivity (Wildman–Crippen MR) is 149 cm³/mol. The van der Waals surface area contributed by atoms with Crippen LogP contribution in [-0.4, -0.2) is 50.5 Å². The molecule has 0 bridgehead atoms. The Morgan fingerprint density at radius 2 is 1.93 bits per heavy atom. The summed E-state index contributed by atoms with van der Waals surface area (Å²) < 4.78 is 25.0.